The summed E-state index contributed by atoms with van der Waals surface area (Å²) in [7, 11) is 0. The molecule has 1 atom stereocenters. The number of phenols is 1. The summed E-state index contributed by atoms with van der Waals surface area (Å²) in [4.78, 5) is 0. The summed E-state index contributed by atoms with van der Waals surface area (Å²) in [5.74, 6) is -3.78. The van der Waals surface area contributed by atoms with E-state index in [9.17, 15) is 13.9 Å². The number of aliphatic hydroxyl groups excluding tert-OH is 1. The number of rotatable bonds is 3. The molecule has 0 aromatic heterocycles. The standard InChI is InChI=1S/C9H10BrF2NO2.ClH/c10-5-1-2-6(7(15)3-5)8(13)9(11,12)4-14;/h1-3,8,14-15H,4,13H2;1H/t8-;/m1./s1. The van der Waals surface area contributed by atoms with Gasteiger partial charge in [-0.3, -0.25) is 0 Å². The summed E-state index contributed by atoms with van der Waals surface area (Å²) >= 11 is 3.08. The van der Waals surface area contributed by atoms with E-state index in [4.69, 9.17) is 10.8 Å². The molecule has 0 amide bonds. The topological polar surface area (TPSA) is 66.5 Å². The maximum absolute atomic E-state index is 13.0. The summed E-state index contributed by atoms with van der Waals surface area (Å²) in [5, 5.41) is 17.8. The molecule has 16 heavy (non-hydrogen) atoms. The van der Waals surface area contributed by atoms with Crippen molar-refractivity contribution >= 4 is 28.3 Å². The second kappa shape index (κ2) is 5.77. The Bertz CT molecular complexity index is 365. The van der Waals surface area contributed by atoms with Gasteiger partial charge in [-0.2, -0.15) is 0 Å². The largest absolute Gasteiger partial charge is 0.508 e. The van der Waals surface area contributed by atoms with Crippen molar-refractivity contribution < 1.29 is 19.0 Å². The number of benzene rings is 1. The molecule has 0 saturated heterocycles. The second-order valence-corrected chi connectivity index (χ2v) is 4.02. The van der Waals surface area contributed by atoms with E-state index in [0.29, 0.717) is 4.47 Å². The molecule has 0 aliphatic carbocycles. The molecule has 0 unspecified atom stereocenters. The summed E-state index contributed by atoms with van der Waals surface area (Å²) in [5.41, 5.74) is 5.15. The van der Waals surface area contributed by atoms with Gasteiger partial charge in [0.05, 0.1) is 0 Å². The van der Waals surface area contributed by atoms with Crippen LogP contribution in [-0.2, 0) is 0 Å². The molecule has 3 nitrogen and oxygen atoms in total. The fraction of sp³-hybridized carbons (Fsp3) is 0.333. The minimum atomic E-state index is -3.45. The van der Waals surface area contributed by atoms with Gasteiger partial charge < -0.3 is 15.9 Å². The molecule has 0 aliphatic heterocycles. The first-order valence-corrected chi connectivity index (χ1v) is 4.90. The summed E-state index contributed by atoms with van der Waals surface area (Å²) in [6, 6.07) is 2.31. The van der Waals surface area contributed by atoms with Crippen LogP contribution in [0.4, 0.5) is 8.78 Å². The highest BCUT2D eigenvalue weighted by atomic mass is 79.9. The van der Waals surface area contributed by atoms with Gasteiger partial charge in [0.15, 0.2) is 0 Å². The quantitative estimate of drug-likeness (QED) is 0.800. The third kappa shape index (κ3) is 3.28. The highest BCUT2D eigenvalue weighted by Gasteiger charge is 2.38. The van der Waals surface area contributed by atoms with Crippen molar-refractivity contribution in [2.45, 2.75) is 12.0 Å². The third-order valence-electron chi connectivity index (χ3n) is 1.99. The van der Waals surface area contributed by atoms with E-state index in [-0.39, 0.29) is 23.7 Å². The Labute approximate surface area is 106 Å². The Morgan fingerprint density at radius 2 is 2.00 bits per heavy atom. The first-order valence-electron chi connectivity index (χ1n) is 4.11. The molecule has 4 N–H and O–H groups in total. The Morgan fingerprint density at radius 3 is 2.44 bits per heavy atom. The molecule has 0 aliphatic rings. The molecular formula is C9H11BrClF2NO2. The second-order valence-electron chi connectivity index (χ2n) is 3.10. The lowest BCUT2D eigenvalue weighted by atomic mass is 10.0. The molecule has 1 aromatic carbocycles. The molecule has 0 radical (unpaired) electrons. The fourth-order valence-corrected chi connectivity index (χ4v) is 1.45. The molecule has 92 valence electrons. The van der Waals surface area contributed by atoms with Crippen molar-refractivity contribution in [2.24, 2.45) is 5.73 Å². The molecule has 0 saturated carbocycles. The van der Waals surface area contributed by atoms with Crippen molar-refractivity contribution in [2.75, 3.05) is 6.61 Å². The average Bonchev–Trinajstić information content (AvgIpc) is 2.17. The number of hydrogen-bond acceptors (Lipinski definition) is 3. The van der Waals surface area contributed by atoms with Crippen molar-refractivity contribution in [1.29, 1.82) is 0 Å². The number of hydrogen-bond donors (Lipinski definition) is 3. The fourth-order valence-electron chi connectivity index (χ4n) is 1.11. The Balaban J connectivity index is 0.00000225. The van der Waals surface area contributed by atoms with Crippen LogP contribution in [0.5, 0.6) is 5.75 Å². The summed E-state index contributed by atoms with van der Waals surface area (Å²) in [6.07, 6.45) is 0. The summed E-state index contributed by atoms with van der Waals surface area (Å²) < 4.78 is 26.6. The van der Waals surface area contributed by atoms with Gasteiger partial charge >= 0.3 is 0 Å². The molecule has 1 aromatic rings. The van der Waals surface area contributed by atoms with Gasteiger partial charge in [-0.15, -0.1) is 12.4 Å². The van der Waals surface area contributed by atoms with Crippen LogP contribution in [0.2, 0.25) is 0 Å². The molecule has 0 heterocycles. The molecule has 7 heteroatoms. The highest BCUT2D eigenvalue weighted by molar-refractivity contribution is 9.10. The first kappa shape index (κ1) is 15.6. The zero-order chi connectivity index (χ0) is 11.6. The number of aromatic hydroxyl groups is 1. The number of halogens is 4. The van der Waals surface area contributed by atoms with E-state index >= 15 is 0 Å². The van der Waals surface area contributed by atoms with E-state index in [1.54, 1.807) is 0 Å². The van der Waals surface area contributed by atoms with Crippen LogP contribution in [0.1, 0.15) is 11.6 Å². The van der Waals surface area contributed by atoms with Crippen molar-refractivity contribution in [3.63, 3.8) is 0 Å². The molecule has 0 spiro atoms. The Hall–Kier alpha value is -0.430. The zero-order valence-electron chi connectivity index (χ0n) is 8.03. The monoisotopic (exact) mass is 317 g/mol. The van der Waals surface area contributed by atoms with Crippen LogP contribution in [0.15, 0.2) is 22.7 Å². The van der Waals surface area contributed by atoms with Crippen LogP contribution < -0.4 is 5.73 Å². The number of alkyl halides is 2. The first-order chi connectivity index (χ1) is 6.88. The van der Waals surface area contributed by atoms with Gasteiger partial charge in [-0.25, -0.2) is 8.78 Å². The van der Waals surface area contributed by atoms with E-state index in [0.717, 1.165) is 0 Å². The third-order valence-corrected chi connectivity index (χ3v) is 2.49. The number of nitrogens with two attached hydrogens (primary N) is 1. The normalized spacial score (nSPS) is 13.1. The van der Waals surface area contributed by atoms with Gasteiger partial charge in [-0.05, 0) is 12.1 Å². The van der Waals surface area contributed by atoms with Crippen molar-refractivity contribution in [3.8, 4) is 5.75 Å². The van der Waals surface area contributed by atoms with Gasteiger partial charge in [0.2, 0.25) is 0 Å². The molecular weight excluding hydrogens is 307 g/mol. The van der Waals surface area contributed by atoms with E-state index in [1.165, 1.54) is 18.2 Å². The number of aliphatic hydroxyl groups is 1. The van der Waals surface area contributed by atoms with Crippen LogP contribution >= 0.6 is 28.3 Å². The van der Waals surface area contributed by atoms with E-state index < -0.39 is 18.6 Å². The minimum Gasteiger partial charge on any atom is -0.508 e. The molecule has 0 bridgehead atoms. The lowest BCUT2D eigenvalue weighted by Crippen LogP contribution is -2.36. The number of phenolic OH excluding ortho intramolecular Hbond substituents is 1. The highest BCUT2D eigenvalue weighted by Crippen LogP contribution is 2.34. The van der Waals surface area contributed by atoms with E-state index in [2.05, 4.69) is 15.9 Å². The minimum absolute atomic E-state index is 0. The van der Waals surface area contributed by atoms with Crippen LogP contribution in [0.25, 0.3) is 0 Å². The molecule has 0 fully saturated rings. The predicted molar refractivity (Wildman–Crippen MR) is 62.0 cm³/mol. The molecule has 1 rings (SSSR count). The lowest BCUT2D eigenvalue weighted by Gasteiger charge is -2.22. The lowest BCUT2D eigenvalue weighted by molar-refractivity contribution is -0.0715. The van der Waals surface area contributed by atoms with E-state index in [1.807, 2.05) is 0 Å². The van der Waals surface area contributed by atoms with Gasteiger partial charge in [0.25, 0.3) is 5.92 Å². The van der Waals surface area contributed by atoms with Gasteiger partial charge in [0.1, 0.15) is 18.4 Å². The van der Waals surface area contributed by atoms with Crippen molar-refractivity contribution in [3.05, 3.63) is 28.2 Å². The maximum atomic E-state index is 13.0. The smallest absolute Gasteiger partial charge is 0.289 e. The Morgan fingerprint density at radius 1 is 1.44 bits per heavy atom. The van der Waals surface area contributed by atoms with Gasteiger partial charge in [0, 0.05) is 10.0 Å². The SMILES string of the molecule is Cl.N[C@H](c1ccc(Br)cc1O)C(F)(F)CO. The Kier molecular flexibility index (Phi) is 5.61. The predicted octanol–water partition coefficient (Wildman–Crippen LogP) is 2.20. The van der Waals surface area contributed by atoms with Crippen LogP contribution in [0, 0.1) is 0 Å². The van der Waals surface area contributed by atoms with Crippen LogP contribution in [-0.4, -0.2) is 22.7 Å². The summed E-state index contributed by atoms with van der Waals surface area (Å²) in [6.45, 7) is -1.36. The van der Waals surface area contributed by atoms with Crippen LogP contribution in [0.3, 0.4) is 0 Å². The van der Waals surface area contributed by atoms with Gasteiger partial charge in [-0.1, -0.05) is 22.0 Å². The van der Waals surface area contributed by atoms with Crippen molar-refractivity contribution in [1.82, 2.24) is 0 Å². The zero-order valence-corrected chi connectivity index (χ0v) is 10.4. The average molecular weight is 319 g/mol. The maximum Gasteiger partial charge on any atom is 0.289 e.